The number of fused-ring (bicyclic) bond motifs is 1. The summed E-state index contributed by atoms with van der Waals surface area (Å²) in [6.07, 6.45) is 6.44. The Morgan fingerprint density at radius 1 is 1.33 bits per heavy atom. The molecular formula is C15H20N2O. The van der Waals surface area contributed by atoms with Crippen LogP contribution in [0, 0.1) is 0 Å². The SMILES string of the molecule is CCc1ccc2oc(CC3(N)CCCC3)nc2c1. The maximum atomic E-state index is 6.37. The van der Waals surface area contributed by atoms with Crippen LogP contribution >= 0.6 is 0 Å². The maximum Gasteiger partial charge on any atom is 0.197 e. The second kappa shape index (κ2) is 4.39. The second-order valence-corrected chi connectivity index (χ2v) is 5.51. The van der Waals surface area contributed by atoms with Crippen LogP contribution in [0.5, 0.6) is 0 Å². The molecule has 0 spiro atoms. The van der Waals surface area contributed by atoms with Crippen LogP contribution in [0.4, 0.5) is 0 Å². The molecule has 1 aromatic carbocycles. The Morgan fingerprint density at radius 2 is 2.11 bits per heavy atom. The number of aromatic nitrogens is 1. The zero-order valence-corrected chi connectivity index (χ0v) is 10.9. The van der Waals surface area contributed by atoms with Crippen molar-refractivity contribution < 1.29 is 4.42 Å². The van der Waals surface area contributed by atoms with Crippen molar-refractivity contribution in [2.75, 3.05) is 0 Å². The Kier molecular flexibility index (Phi) is 2.86. The molecule has 96 valence electrons. The van der Waals surface area contributed by atoms with Gasteiger partial charge in [0.15, 0.2) is 11.5 Å². The molecule has 2 N–H and O–H groups in total. The van der Waals surface area contributed by atoms with Crippen molar-refractivity contribution in [2.24, 2.45) is 5.73 Å². The first-order chi connectivity index (χ1) is 8.68. The lowest BCUT2D eigenvalue weighted by molar-refractivity contribution is 0.385. The summed E-state index contributed by atoms with van der Waals surface area (Å²) in [5.74, 6) is 0.794. The van der Waals surface area contributed by atoms with Crippen LogP contribution in [0.25, 0.3) is 11.1 Å². The van der Waals surface area contributed by atoms with E-state index in [4.69, 9.17) is 10.2 Å². The average Bonchev–Trinajstić information content (AvgIpc) is 2.94. The van der Waals surface area contributed by atoms with Gasteiger partial charge in [0, 0.05) is 12.0 Å². The Hall–Kier alpha value is -1.35. The molecule has 1 aliphatic rings. The summed E-state index contributed by atoms with van der Waals surface area (Å²) in [7, 11) is 0. The highest BCUT2D eigenvalue weighted by Gasteiger charge is 2.31. The predicted molar refractivity (Wildman–Crippen MR) is 72.5 cm³/mol. The van der Waals surface area contributed by atoms with Crippen molar-refractivity contribution in [3.05, 3.63) is 29.7 Å². The van der Waals surface area contributed by atoms with E-state index in [0.29, 0.717) is 0 Å². The molecule has 3 heteroatoms. The van der Waals surface area contributed by atoms with E-state index in [1.165, 1.54) is 18.4 Å². The van der Waals surface area contributed by atoms with Gasteiger partial charge in [-0.15, -0.1) is 0 Å². The van der Waals surface area contributed by atoms with Gasteiger partial charge in [-0.1, -0.05) is 25.8 Å². The van der Waals surface area contributed by atoms with E-state index < -0.39 is 0 Å². The van der Waals surface area contributed by atoms with E-state index in [1.54, 1.807) is 0 Å². The van der Waals surface area contributed by atoms with E-state index in [2.05, 4.69) is 24.0 Å². The lowest BCUT2D eigenvalue weighted by Gasteiger charge is -2.20. The van der Waals surface area contributed by atoms with E-state index in [-0.39, 0.29) is 5.54 Å². The summed E-state index contributed by atoms with van der Waals surface area (Å²) in [6, 6.07) is 6.23. The van der Waals surface area contributed by atoms with Crippen LogP contribution < -0.4 is 5.73 Å². The van der Waals surface area contributed by atoms with Crippen LogP contribution in [0.2, 0.25) is 0 Å². The third-order valence-corrected chi connectivity index (χ3v) is 4.01. The van der Waals surface area contributed by atoms with Crippen molar-refractivity contribution in [3.63, 3.8) is 0 Å². The Balaban J connectivity index is 1.88. The first-order valence-electron chi connectivity index (χ1n) is 6.86. The quantitative estimate of drug-likeness (QED) is 0.902. The molecule has 3 nitrogen and oxygen atoms in total. The molecule has 0 bridgehead atoms. The number of nitrogens with two attached hydrogens (primary N) is 1. The van der Waals surface area contributed by atoms with Crippen molar-refractivity contribution in [3.8, 4) is 0 Å². The standard InChI is InChI=1S/C15H20N2O/c1-2-11-5-6-13-12(9-11)17-14(18-13)10-15(16)7-3-4-8-15/h5-6,9H,2-4,7-8,10,16H2,1H3. The molecule has 0 unspecified atom stereocenters. The molecule has 1 fully saturated rings. The van der Waals surface area contributed by atoms with Crippen LogP contribution in [-0.2, 0) is 12.8 Å². The largest absolute Gasteiger partial charge is 0.441 e. The summed E-state index contributed by atoms with van der Waals surface area (Å²) in [4.78, 5) is 4.58. The maximum absolute atomic E-state index is 6.37. The molecule has 0 atom stereocenters. The van der Waals surface area contributed by atoms with E-state index in [0.717, 1.165) is 42.7 Å². The van der Waals surface area contributed by atoms with Gasteiger partial charge in [-0.2, -0.15) is 0 Å². The predicted octanol–water partition coefficient (Wildman–Crippen LogP) is 3.20. The fraction of sp³-hybridized carbons (Fsp3) is 0.533. The minimum atomic E-state index is -0.0888. The van der Waals surface area contributed by atoms with Gasteiger partial charge in [0.2, 0.25) is 0 Å². The van der Waals surface area contributed by atoms with Crippen LogP contribution in [0.15, 0.2) is 22.6 Å². The Labute approximate surface area is 107 Å². The third kappa shape index (κ3) is 2.15. The molecule has 1 aliphatic carbocycles. The fourth-order valence-electron chi connectivity index (χ4n) is 2.87. The minimum Gasteiger partial charge on any atom is -0.441 e. The Morgan fingerprint density at radius 3 is 2.83 bits per heavy atom. The molecule has 0 radical (unpaired) electrons. The molecule has 1 saturated carbocycles. The zero-order chi connectivity index (χ0) is 12.6. The topological polar surface area (TPSA) is 52.0 Å². The number of hydrogen-bond donors (Lipinski definition) is 1. The molecule has 2 aromatic rings. The highest BCUT2D eigenvalue weighted by atomic mass is 16.3. The summed E-state index contributed by atoms with van der Waals surface area (Å²) in [5, 5.41) is 0. The third-order valence-electron chi connectivity index (χ3n) is 4.01. The molecular weight excluding hydrogens is 224 g/mol. The van der Waals surface area contributed by atoms with Gasteiger partial charge in [-0.25, -0.2) is 4.98 Å². The summed E-state index contributed by atoms with van der Waals surface area (Å²) >= 11 is 0. The lowest BCUT2D eigenvalue weighted by atomic mass is 9.95. The van der Waals surface area contributed by atoms with Gasteiger partial charge >= 0.3 is 0 Å². The van der Waals surface area contributed by atoms with Crippen LogP contribution in [-0.4, -0.2) is 10.5 Å². The first-order valence-corrected chi connectivity index (χ1v) is 6.86. The molecule has 0 aliphatic heterocycles. The average molecular weight is 244 g/mol. The van der Waals surface area contributed by atoms with Crippen LogP contribution in [0.1, 0.15) is 44.1 Å². The lowest BCUT2D eigenvalue weighted by Crippen LogP contribution is -2.38. The number of benzene rings is 1. The highest BCUT2D eigenvalue weighted by molar-refractivity contribution is 5.73. The molecule has 0 saturated heterocycles. The smallest absolute Gasteiger partial charge is 0.197 e. The molecule has 1 aromatic heterocycles. The Bertz CT molecular complexity index is 553. The fourth-order valence-corrected chi connectivity index (χ4v) is 2.87. The highest BCUT2D eigenvalue weighted by Crippen LogP contribution is 2.31. The van der Waals surface area contributed by atoms with Gasteiger partial charge in [-0.05, 0) is 37.0 Å². The molecule has 1 heterocycles. The number of oxazole rings is 1. The molecule has 0 amide bonds. The number of hydrogen-bond acceptors (Lipinski definition) is 3. The van der Waals surface area contributed by atoms with Gasteiger partial charge in [0.1, 0.15) is 5.52 Å². The van der Waals surface area contributed by atoms with Crippen molar-refractivity contribution >= 4 is 11.1 Å². The number of rotatable bonds is 3. The van der Waals surface area contributed by atoms with Gasteiger partial charge in [0.25, 0.3) is 0 Å². The van der Waals surface area contributed by atoms with E-state index in [1.807, 2.05) is 6.07 Å². The summed E-state index contributed by atoms with van der Waals surface area (Å²) in [5.41, 5.74) is 9.42. The van der Waals surface area contributed by atoms with E-state index in [9.17, 15) is 0 Å². The molecule has 3 rings (SSSR count). The minimum absolute atomic E-state index is 0.0888. The van der Waals surface area contributed by atoms with Gasteiger partial charge in [0.05, 0.1) is 0 Å². The van der Waals surface area contributed by atoms with Gasteiger partial charge < -0.3 is 10.2 Å². The normalized spacial score (nSPS) is 18.6. The summed E-state index contributed by atoms with van der Waals surface area (Å²) < 4.78 is 5.80. The second-order valence-electron chi connectivity index (χ2n) is 5.51. The zero-order valence-electron chi connectivity index (χ0n) is 10.9. The van der Waals surface area contributed by atoms with Crippen LogP contribution in [0.3, 0.4) is 0 Å². The number of nitrogens with zero attached hydrogens (tertiary/aromatic N) is 1. The van der Waals surface area contributed by atoms with E-state index >= 15 is 0 Å². The van der Waals surface area contributed by atoms with Crippen molar-refractivity contribution in [1.82, 2.24) is 4.98 Å². The van der Waals surface area contributed by atoms with Crippen molar-refractivity contribution in [2.45, 2.75) is 51.0 Å². The number of aryl methyl sites for hydroxylation is 1. The van der Waals surface area contributed by atoms with Gasteiger partial charge in [-0.3, -0.25) is 0 Å². The molecule has 18 heavy (non-hydrogen) atoms. The monoisotopic (exact) mass is 244 g/mol. The first kappa shape index (κ1) is 11.7. The summed E-state index contributed by atoms with van der Waals surface area (Å²) in [6.45, 7) is 2.15. The van der Waals surface area contributed by atoms with Crippen molar-refractivity contribution in [1.29, 1.82) is 0 Å².